The molecule has 0 rings (SSSR count). The van der Waals surface area contributed by atoms with Gasteiger partial charge in [0.1, 0.15) is 0 Å². The first-order valence-electron chi connectivity index (χ1n) is 2.58. The molecule has 0 saturated heterocycles. The maximum Gasteiger partial charge on any atom is 0.333 e. The van der Waals surface area contributed by atoms with E-state index in [1.165, 1.54) is 19.9 Å². The van der Waals surface area contributed by atoms with E-state index in [2.05, 4.69) is 4.99 Å². The molecule has 0 aliphatic carbocycles. The normalized spacial score (nSPS) is 11.4. The van der Waals surface area contributed by atoms with E-state index in [1.54, 1.807) is 0 Å². The smallest absolute Gasteiger partial charge is 0.333 e. The zero-order chi connectivity index (χ0) is 8.15. The molecule has 0 fully saturated rings. The summed E-state index contributed by atoms with van der Waals surface area (Å²) in [7, 11) is 0. The molecule has 0 aromatic carbocycles. The van der Waals surface area contributed by atoms with Crippen LogP contribution in [0, 0.1) is 0 Å². The van der Waals surface area contributed by atoms with Crippen LogP contribution < -0.4 is 0 Å². The maximum atomic E-state index is 10.2. The van der Waals surface area contributed by atoms with E-state index >= 15 is 0 Å². The van der Waals surface area contributed by atoms with Gasteiger partial charge in [0.15, 0.2) is 0 Å². The van der Waals surface area contributed by atoms with Crippen LogP contribution in [-0.4, -0.2) is 17.2 Å². The fraction of sp³-hybridized carbons (Fsp3) is 0.333. The molecule has 0 amide bonds. The minimum absolute atomic E-state index is 0.0587. The Hall–Kier alpha value is -1.41. The molecular formula is C6H7NO3. The molecule has 0 spiro atoms. The zero-order valence-electron chi connectivity index (χ0n) is 5.71. The summed E-state index contributed by atoms with van der Waals surface area (Å²) in [5.74, 6) is -1.07. The largest absolute Gasteiger partial charge is 0.478 e. The Balaban J connectivity index is 4.66. The molecule has 0 radical (unpaired) electrons. The average molecular weight is 141 g/mol. The average Bonchev–Trinajstić information content (AvgIpc) is 1.87. The Bertz CT molecular complexity index is 213. The van der Waals surface area contributed by atoms with Gasteiger partial charge in [-0.05, 0) is 13.8 Å². The number of carbonyl (C=O) groups excluding carboxylic acids is 1. The minimum atomic E-state index is -1.07. The van der Waals surface area contributed by atoms with Crippen molar-refractivity contribution in [2.24, 2.45) is 4.99 Å². The SMILES string of the molecule is C/C(N=C=O)=C(/C)C(=O)O. The van der Waals surface area contributed by atoms with Crippen LogP contribution in [0.3, 0.4) is 0 Å². The summed E-state index contributed by atoms with van der Waals surface area (Å²) in [6, 6.07) is 0. The molecule has 4 nitrogen and oxygen atoms in total. The third-order valence-corrected chi connectivity index (χ3v) is 1.08. The van der Waals surface area contributed by atoms with Crippen molar-refractivity contribution in [1.29, 1.82) is 0 Å². The highest BCUT2D eigenvalue weighted by molar-refractivity contribution is 5.86. The summed E-state index contributed by atoms with van der Waals surface area (Å²) in [5.41, 5.74) is 0.242. The number of carboxylic acid groups (broad SMARTS) is 1. The number of aliphatic imine (C=N–C) groups is 1. The summed E-state index contributed by atoms with van der Waals surface area (Å²) in [4.78, 5) is 22.9. The Morgan fingerprint density at radius 1 is 1.50 bits per heavy atom. The molecular weight excluding hydrogens is 134 g/mol. The lowest BCUT2D eigenvalue weighted by atomic mass is 10.2. The van der Waals surface area contributed by atoms with E-state index in [1.807, 2.05) is 0 Å². The van der Waals surface area contributed by atoms with E-state index < -0.39 is 5.97 Å². The number of aliphatic carboxylic acids is 1. The molecule has 0 unspecified atom stereocenters. The van der Waals surface area contributed by atoms with E-state index in [0.29, 0.717) is 0 Å². The van der Waals surface area contributed by atoms with Gasteiger partial charge in [-0.15, -0.1) is 0 Å². The van der Waals surface area contributed by atoms with Crippen molar-refractivity contribution < 1.29 is 14.7 Å². The number of rotatable bonds is 2. The standard InChI is InChI=1S/C6H7NO3/c1-4(6(9)10)5(2)7-3-8/h1-2H3,(H,9,10)/b5-4+. The lowest BCUT2D eigenvalue weighted by Gasteiger charge is -1.92. The molecule has 0 aromatic heterocycles. The van der Waals surface area contributed by atoms with Gasteiger partial charge in [-0.25, -0.2) is 9.59 Å². The van der Waals surface area contributed by atoms with Gasteiger partial charge < -0.3 is 5.11 Å². The molecule has 10 heavy (non-hydrogen) atoms. The second kappa shape index (κ2) is 3.58. The molecule has 54 valence electrons. The third kappa shape index (κ3) is 2.24. The molecule has 0 heterocycles. The van der Waals surface area contributed by atoms with Crippen LogP contribution >= 0.6 is 0 Å². The van der Waals surface area contributed by atoms with Gasteiger partial charge in [0, 0.05) is 0 Å². The Morgan fingerprint density at radius 2 is 2.00 bits per heavy atom. The van der Waals surface area contributed by atoms with E-state index in [9.17, 15) is 9.59 Å². The van der Waals surface area contributed by atoms with Gasteiger partial charge >= 0.3 is 5.97 Å². The van der Waals surface area contributed by atoms with Crippen LogP contribution in [0.4, 0.5) is 0 Å². The lowest BCUT2D eigenvalue weighted by molar-refractivity contribution is -0.132. The number of carbonyl (C=O) groups is 1. The van der Waals surface area contributed by atoms with Gasteiger partial charge in [-0.1, -0.05) is 0 Å². The molecule has 0 saturated carbocycles. The summed E-state index contributed by atoms with van der Waals surface area (Å²) in [6.07, 6.45) is 1.26. The molecule has 0 aromatic rings. The Labute approximate surface area is 57.9 Å². The highest BCUT2D eigenvalue weighted by atomic mass is 16.4. The summed E-state index contributed by atoms with van der Waals surface area (Å²) in [6.45, 7) is 2.81. The monoisotopic (exact) mass is 141 g/mol. The highest BCUT2D eigenvalue weighted by Gasteiger charge is 2.02. The van der Waals surface area contributed by atoms with Crippen LogP contribution in [0.15, 0.2) is 16.3 Å². The fourth-order valence-electron chi connectivity index (χ4n) is 0.307. The molecule has 0 atom stereocenters. The predicted molar refractivity (Wildman–Crippen MR) is 34.1 cm³/mol. The summed E-state index contributed by atoms with van der Waals surface area (Å²) >= 11 is 0. The quantitative estimate of drug-likeness (QED) is 0.349. The number of carboxylic acids is 1. The predicted octanol–water partition coefficient (Wildman–Crippen LogP) is 0.701. The first-order chi connectivity index (χ1) is 4.59. The van der Waals surface area contributed by atoms with E-state index in [-0.39, 0.29) is 11.3 Å². The van der Waals surface area contributed by atoms with Crippen molar-refractivity contribution in [2.45, 2.75) is 13.8 Å². The van der Waals surface area contributed by atoms with Crippen molar-refractivity contribution in [3.8, 4) is 0 Å². The number of hydrogen-bond acceptors (Lipinski definition) is 3. The van der Waals surface area contributed by atoms with Gasteiger partial charge in [0.25, 0.3) is 0 Å². The van der Waals surface area contributed by atoms with Gasteiger partial charge in [-0.2, -0.15) is 4.99 Å². The van der Waals surface area contributed by atoms with Crippen molar-refractivity contribution in [1.82, 2.24) is 0 Å². The Kier molecular flexibility index (Phi) is 3.08. The summed E-state index contributed by atoms with van der Waals surface area (Å²) < 4.78 is 0. The Morgan fingerprint density at radius 3 is 2.30 bits per heavy atom. The van der Waals surface area contributed by atoms with Crippen LogP contribution in [-0.2, 0) is 9.59 Å². The molecule has 0 aliphatic rings. The second-order valence-corrected chi connectivity index (χ2v) is 1.72. The fourth-order valence-corrected chi connectivity index (χ4v) is 0.307. The second-order valence-electron chi connectivity index (χ2n) is 1.72. The minimum Gasteiger partial charge on any atom is -0.478 e. The van der Waals surface area contributed by atoms with Crippen molar-refractivity contribution in [3.63, 3.8) is 0 Å². The van der Waals surface area contributed by atoms with Crippen LogP contribution in [0.5, 0.6) is 0 Å². The highest BCUT2D eigenvalue weighted by Crippen LogP contribution is 2.02. The lowest BCUT2D eigenvalue weighted by Crippen LogP contribution is -1.97. The summed E-state index contributed by atoms with van der Waals surface area (Å²) in [5, 5.41) is 8.33. The number of isocyanates is 1. The van der Waals surface area contributed by atoms with Crippen molar-refractivity contribution >= 4 is 12.0 Å². The van der Waals surface area contributed by atoms with E-state index in [0.717, 1.165) is 0 Å². The van der Waals surface area contributed by atoms with Gasteiger partial charge in [0.2, 0.25) is 6.08 Å². The zero-order valence-corrected chi connectivity index (χ0v) is 5.71. The van der Waals surface area contributed by atoms with Gasteiger partial charge in [0.05, 0.1) is 11.3 Å². The number of allylic oxidation sites excluding steroid dienone is 1. The maximum absolute atomic E-state index is 10.2. The van der Waals surface area contributed by atoms with Crippen molar-refractivity contribution in [2.75, 3.05) is 0 Å². The molecule has 0 aliphatic heterocycles. The van der Waals surface area contributed by atoms with Crippen LogP contribution in [0.1, 0.15) is 13.8 Å². The first kappa shape index (κ1) is 8.59. The molecule has 0 bridgehead atoms. The van der Waals surface area contributed by atoms with Gasteiger partial charge in [-0.3, -0.25) is 0 Å². The number of hydrogen-bond donors (Lipinski definition) is 1. The van der Waals surface area contributed by atoms with Crippen molar-refractivity contribution in [3.05, 3.63) is 11.3 Å². The van der Waals surface area contributed by atoms with E-state index in [4.69, 9.17) is 5.11 Å². The topological polar surface area (TPSA) is 66.7 Å². The molecule has 1 N–H and O–H groups in total. The van der Waals surface area contributed by atoms with Crippen LogP contribution in [0.2, 0.25) is 0 Å². The van der Waals surface area contributed by atoms with Crippen LogP contribution in [0.25, 0.3) is 0 Å². The molecule has 4 heteroatoms. The first-order valence-corrected chi connectivity index (χ1v) is 2.58. The third-order valence-electron chi connectivity index (χ3n) is 1.08. The number of nitrogens with zero attached hydrogens (tertiary/aromatic N) is 1.